The van der Waals surface area contributed by atoms with Gasteiger partial charge in [0.25, 0.3) is 0 Å². The van der Waals surface area contributed by atoms with E-state index >= 15 is 0 Å². The number of carbonyl (C=O) groups excluding carboxylic acids is 1. The number of allylic oxidation sites excluding steroid dienone is 1. The number of carbonyl (C=O) groups is 1. The fraction of sp³-hybridized carbons (Fsp3) is 0.0833. The van der Waals surface area contributed by atoms with E-state index in [1.54, 1.807) is 0 Å². The normalized spacial score (nSPS) is 18.5. The molecule has 1 aromatic rings. The van der Waals surface area contributed by atoms with Crippen molar-refractivity contribution >= 4 is 32.1 Å². The smallest absolute Gasteiger partial charge is 0.336 e. The number of hydrogen-bond donors (Lipinski definition) is 0. The van der Waals surface area contributed by atoms with Gasteiger partial charge in [-0.15, -0.1) is 0 Å². The van der Waals surface area contributed by atoms with Gasteiger partial charge in [-0.05, 0) is 35.1 Å². The van der Waals surface area contributed by atoms with Gasteiger partial charge in [0.05, 0.1) is 3.58 Å². The van der Waals surface area contributed by atoms with E-state index in [9.17, 15) is 4.79 Å². The molecule has 76 valence electrons. The van der Waals surface area contributed by atoms with Crippen LogP contribution in [0.3, 0.4) is 0 Å². The highest BCUT2D eigenvalue weighted by molar-refractivity contribution is 14.1. The summed E-state index contributed by atoms with van der Waals surface area (Å²) in [6.07, 6.45) is 1.51. The van der Waals surface area contributed by atoms with Gasteiger partial charge in [0.2, 0.25) is 0 Å². The second-order valence-corrected chi connectivity index (χ2v) is 4.34. The number of hydrogen-bond acceptors (Lipinski definition) is 2. The van der Waals surface area contributed by atoms with Crippen molar-refractivity contribution < 1.29 is 9.53 Å². The minimum absolute atomic E-state index is 0.285. The predicted molar refractivity (Wildman–Crippen MR) is 67.2 cm³/mol. The lowest BCUT2D eigenvalue weighted by molar-refractivity contribution is -0.132. The summed E-state index contributed by atoms with van der Waals surface area (Å²) in [5.74, 6) is 0.388. The average molecular weight is 312 g/mol. The SMILES string of the molecule is CC1=CC(=O)O/C1=C(/I)c1ccccc1. The van der Waals surface area contributed by atoms with Crippen LogP contribution < -0.4 is 0 Å². The third-order valence-electron chi connectivity index (χ3n) is 2.12. The van der Waals surface area contributed by atoms with E-state index in [1.165, 1.54) is 6.08 Å². The maximum absolute atomic E-state index is 11.1. The maximum Gasteiger partial charge on any atom is 0.336 e. The molecule has 0 bridgehead atoms. The zero-order chi connectivity index (χ0) is 10.8. The Hall–Kier alpha value is -1.10. The molecule has 0 aliphatic carbocycles. The predicted octanol–water partition coefficient (Wildman–Crippen LogP) is 3.29. The summed E-state index contributed by atoms with van der Waals surface area (Å²) < 4.78 is 6.10. The summed E-state index contributed by atoms with van der Waals surface area (Å²) in [4.78, 5) is 11.1. The molecule has 1 aromatic carbocycles. The quantitative estimate of drug-likeness (QED) is 0.587. The van der Waals surface area contributed by atoms with Gasteiger partial charge in [-0.2, -0.15) is 0 Å². The second kappa shape index (κ2) is 4.18. The van der Waals surface area contributed by atoms with Gasteiger partial charge in [0.15, 0.2) is 0 Å². The lowest BCUT2D eigenvalue weighted by Gasteiger charge is -2.05. The van der Waals surface area contributed by atoms with E-state index in [1.807, 2.05) is 37.3 Å². The van der Waals surface area contributed by atoms with E-state index in [0.29, 0.717) is 5.76 Å². The van der Waals surface area contributed by atoms with Crippen molar-refractivity contribution in [3.05, 3.63) is 53.3 Å². The maximum atomic E-state index is 11.1. The zero-order valence-electron chi connectivity index (χ0n) is 8.16. The van der Waals surface area contributed by atoms with Crippen molar-refractivity contribution in [2.75, 3.05) is 0 Å². The molecule has 0 amide bonds. The van der Waals surface area contributed by atoms with Gasteiger partial charge in [0.1, 0.15) is 5.76 Å². The number of rotatable bonds is 1. The highest BCUT2D eigenvalue weighted by atomic mass is 127. The van der Waals surface area contributed by atoms with Crippen molar-refractivity contribution in [2.45, 2.75) is 6.92 Å². The monoisotopic (exact) mass is 312 g/mol. The van der Waals surface area contributed by atoms with Gasteiger partial charge in [0, 0.05) is 11.6 Å². The summed E-state index contributed by atoms with van der Waals surface area (Å²) >= 11 is 2.20. The van der Waals surface area contributed by atoms with Gasteiger partial charge >= 0.3 is 5.97 Å². The molecule has 1 aliphatic heterocycles. The first-order chi connectivity index (χ1) is 7.18. The van der Waals surface area contributed by atoms with E-state index in [4.69, 9.17) is 4.74 Å². The van der Waals surface area contributed by atoms with Crippen LogP contribution in [-0.4, -0.2) is 5.97 Å². The Balaban J connectivity index is 2.44. The highest BCUT2D eigenvalue weighted by Crippen LogP contribution is 2.32. The Bertz CT molecular complexity index is 458. The van der Waals surface area contributed by atoms with Crippen LogP contribution in [0.1, 0.15) is 12.5 Å². The van der Waals surface area contributed by atoms with Gasteiger partial charge in [-0.1, -0.05) is 30.3 Å². The fourth-order valence-corrected chi connectivity index (χ4v) is 2.28. The zero-order valence-corrected chi connectivity index (χ0v) is 10.3. The van der Waals surface area contributed by atoms with Crippen molar-refractivity contribution in [1.29, 1.82) is 0 Å². The third-order valence-corrected chi connectivity index (χ3v) is 3.23. The fourth-order valence-electron chi connectivity index (χ4n) is 1.39. The topological polar surface area (TPSA) is 26.3 Å². The Kier molecular flexibility index (Phi) is 2.90. The summed E-state index contributed by atoms with van der Waals surface area (Å²) in [5.41, 5.74) is 1.95. The molecule has 0 radical (unpaired) electrons. The van der Waals surface area contributed by atoms with Crippen LogP contribution in [-0.2, 0) is 9.53 Å². The van der Waals surface area contributed by atoms with Crippen LogP contribution >= 0.6 is 22.6 Å². The molecule has 0 spiro atoms. The van der Waals surface area contributed by atoms with Gasteiger partial charge < -0.3 is 4.74 Å². The van der Waals surface area contributed by atoms with Gasteiger partial charge in [-0.3, -0.25) is 0 Å². The number of ether oxygens (including phenoxy) is 1. The second-order valence-electron chi connectivity index (χ2n) is 3.26. The Morgan fingerprint density at radius 3 is 2.47 bits per heavy atom. The Morgan fingerprint density at radius 2 is 1.93 bits per heavy atom. The van der Waals surface area contributed by atoms with Crippen LogP contribution in [0.2, 0.25) is 0 Å². The number of esters is 1. The minimum Gasteiger partial charge on any atom is -0.422 e. The molecular formula is C12H9IO2. The summed E-state index contributed by atoms with van der Waals surface area (Å²) in [6.45, 7) is 1.88. The molecule has 0 aromatic heterocycles. The van der Waals surface area contributed by atoms with E-state index < -0.39 is 0 Å². The van der Waals surface area contributed by atoms with E-state index in [0.717, 1.165) is 14.7 Å². The number of benzene rings is 1. The largest absolute Gasteiger partial charge is 0.422 e. The molecule has 1 aliphatic rings. The standard InChI is InChI=1S/C12H9IO2/c1-8-7-10(14)15-12(8)11(13)9-5-3-2-4-6-9/h2-7H,1H3/b12-11+. The average Bonchev–Trinajstić information content (AvgIpc) is 2.58. The molecular weight excluding hydrogens is 303 g/mol. The lowest BCUT2D eigenvalue weighted by atomic mass is 10.1. The molecule has 0 N–H and O–H groups in total. The first kappa shape index (κ1) is 10.4. The number of cyclic esters (lactones) is 1. The molecule has 0 saturated heterocycles. The van der Waals surface area contributed by atoms with Crippen LogP contribution in [0.25, 0.3) is 3.58 Å². The summed E-state index contributed by atoms with van der Waals surface area (Å²) in [7, 11) is 0. The molecule has 0 atom stereocenters. The molecule has 2 nitrogen and oxygen atoms in total. The van der Waals surface area contributed by atoms with Crippen molar-refractivity contribution in [3.63, 3.8) is 0 Å². The molecule has 3 heteroatoms. The molecule has 0 saturated carbocycles. The number of halogens is 1. The van der Waals surface area contributed by atoms with Crippen molar-refractivity contribution in [3.8, 4) is 0 Å². The van der Waals surface area contributed by atoms with Crippen LogP contribution in [0, 0.1) is 0 Å². The van der Waals surface area contributed by atoms with Crippen LogP contribution in [0.4, 0.5) is 0 Å². The molecule has 15 heavy (non-hydrogen) atoms. The molecule has 0 unspecified atom stereocenters. The summed E-state index contributed by atoms with van der Waals surface area (Å²) in [6, 6.07) is 9.87. The van der Waals surface area contributed by atoms with Gasteiger partial charge in [-0.25, -0.2) is 4.79 Å². The van der Waals surface area contributed by atoms with Crippen LogP contribution in [0.5, 0.6) is 0 Å². The van der Waals surface area contributed by atoms with Crippen molar-refractivity contribution in [1.82, 2.24) is 0 Å². The first-order valence-electron chi connectivity index (χ1n) is 4.54. The highest BCUT2D eigenvalue weighted by Gasteiger charge is 2.20. The molecule has 2 rings (SSSR count). The lowest BCUT2D eigenvalue weighted by Crippen LogP contribution is -1.92. The van der Waals surface area contributed by atoms with E-state index in [2.05, 4.69) is 22.6 Å². The van der Waals surface area contributed by atoms with Crippen molar-refractivity contribution in [2.24, 2.45) is 0 Å². The Labute approximate surface area is 102 Å². The molecule has 0 fully saturated rings. The summed E-state index contributed by atoms with van der Waals surface area (Å²) in [5, 5.41) is 0. The third kappa shape index (κ3) is 2.12. The first-order valence-corrected chi connectivity index (χ1v) is 5.62. The molecule has 1 heterocycles. The Morgan fingerprint density at radius 1 is 1.27 bits per heavy atom. The minimum atomic E-state index is -0.285. The van der Waals surface area contributed by atoms with E-state index in [-0.39, 0.29) is 5.97 Å². The van der Waals surface area contributed by atoms with Crippen LogP contribution in [0.15, 0.2) is 47.7 Å².